The topological polar surface area (TPSA) is 48.5 Å². The summed E-state index contributed by atoms with van der Waals surface area (Å²) in [6.45, 7) is 6.37. The third-order valence-electron chi connectivity index (χ3n) is 3.83. The molecule has 0 saturated heterocycles. The molecule has 1 aromatic carbocycles. The van der Waals surface area contributed by atoms with Gasteiger partial charge in [-0.05, 0) is 31.2 Å². The maximum atomic E-state index is 10.1. The average molecular weight is 290 g/mol. The second-order valence-corrected chi connectivity index (χ2v) is 5.89. The number of aromatic amines is 1. The number of aliphatic hydroxyl groups is 1. The van der Waals surface area contributed by atoms with Gasteiger partial charge in [-0.25, -0.2) is 0 Å². The second kappa shape index (κ2) is 7.48. The summed E-state index contributed by atoms with van der Waals surface area (Å²) in [6, 6.07) is 7.89. The summed E-state index contributed by atoms with van der Waals surface area (Å²) in [5.41, 5.74) is 1.05. The number of rotatable bonds is 8. The van der Waals surface area contributed by atoms with E-state index in [4.69, 9.17) is 4.74 Å². The second-order valence-electron chi connectivity index (χ2n) is 5.89. The van der Waals surface area contributed by atoms with Crippen LogP contribution in [0.15, 0.2) is 30.5 Å². The van der Waals surface area contributed by atoms with Crippen molar-refractivity contribution >= 4 is 10.9 Å². The summed E-state index contributed by atoms with van der Waals surface area (Å²) in [4.78, 5) is 5.32. The van der Waals surface area contributed by atoms with E-state index in [-0.39, 0.29) is 0 Å². The molecular weight excluding hydrogens is 264 g/mol. The van der Waals surface area contributed by atoms with Crippen molar-refractivity contribution in [1.29, 1.82) is 0 Å². The third-order valence-corrected chi connectivity index (χ3v) is 3.83. The third kappa shape index (κ3) is 4.48. The van der Waals surface area contributed by atoms with Gasteiger partial charge in [-0.3, -0.25) is 0 Å². The predicted molar refractivity (Wildman–Crippen MR) is 86.8 cm³/mol. The number of nitrogens with zero attached hydrogens (tertiary/aromatic N) is 1. The summed E-state index contributed by atoms with van der Waals surface area (Å²) in [7, 11) is 2.04. The lowest BCUT2D eigenvalue weighted by Gasteiger charge is -2.23. The molecule has 1 aromatic heterocycles. The van der Waals surface area contributed by atoms with E-state index in [1.807, 2.05) is 37.5 Å². The highest BCUT2D eigenvalue weighted by atomic mass is 16.5. The first-order valence-corrected chi connectivity index (χ1v) is 7.65. The van der Waals surface area contributed by atoms with Crippen LogP contribution in [0.2, 0.25) is 0 Å². The molecule has 116 valence electrons. The number of fused-ring (bicyclic) bond motifs is 1. The predicted octanol–water partition coefficient (Wildman–Crippen LogP) is 2.89. The van der Waals surface area contributed by atoms with E-state index >= 15 is 0 Å². The summed E-state index contributed by atoms with van der Waals surface area (Å²) in [5, 5.41) is 11.2. The molecule has 0 amide bonds. The van der Waals surface area contributed by atoms with Gasteiger partial charge < -0.3 is 19.7 Å². The minimum atomic E-state index is -0.478. The van der Waals surface area contributed by atoms with Gasteiger partial charge in [0, 0.05) is 30.2 Å². The molecule has 0 aliphatic carbocycles. The van der Waals surface area contributed by atoms with E-state index in [0.29, 0.717) is 19.1 Å². The standard InChI is InChI=1S/C17H26N2O2/c1-4-13(2)10-19(3)11-14(20)12-21-17-7-5-6-16-15(17)8-9-18-16/h5-9,13-14,18,20H,4,10-12H2,1-3H3. The highest BCUT2D eigenvalue weighted by molar-refractivity contribution is 5.85. The van der Waals surface area contributed by atoms with E-state index in [2.05, 4.69) is 23.7 Å². The van der Waals surface area contributed by atoms with Crippen LogP contribution in [0.1, 0.15) is 20.3 Å². The van der Waals surface area contributed by atoms with E-state index in [1.165, 1.54) is 0 Å². The van der Waals surface area contributed by atoms with Crippen molar-refractivity contribution in [2.45, 2.75) is 26.4 Å². The molecule has 0 saturated carbocycles. The van der Waals surface area contributed by atoms with Gasteiger partial charge >= 0.3 is 0 Å². The van der Waals surface area contributed by atoms with E-state index in [9.17, 15) is 5.11 Å². The normalized spacial score (nSPS) is 14.5. The van der Waals surface area contributed by atoms with E-state index in [0.717, 1.165) is 29.6 Å². The van der Waals surface area contributed by atoms with Gasteiger partial charge in [0.2, 0.25) is 0 Å². The van der Waals surface area contributed by atoms with Crippen molar-refractivity contribution in [2.24, 2.45) is 5.92 Å². The van der Waals surface area contributed by atoms with Crippen LogP contribution < -0.4 is 4.74 Å². The minimum Gasteiger partial charge on any atom is -0.490 e. The molecule has 2 aromatic rings. The number of likely N-dealkylation sites (N-methyl/N-ethyl adjacent to an activating group) is 1. The number of aliphatic hydroxyl groups excluding tert-OH is 1. The molecule has 0 bridgehead atoms. The molecule has 4 heteroatoms. The molecule has 2 rings (SSSR count). The van der Waals surface area contributed by atoms with Gasteiger partial charge in [0.1, 0.15) is 18.5 Å². The van der Waals surface area contributed by atoms with Crippen LogP contribution >= 0.6 is 0 Å². The van der Waals surface area contributed by atoms with Crippen LogP contribution in [0, 0.1) is 5.92 Å². The Hall–Kier alpha value is -1.52. The number of hydrogen-bond donors (Lipinski definition) is 2. The summed E-state index contributed by atoms with van der Waals surface area (Å²) < 4.78 is 5.77. The maximum absolute atomic E-state index is 10.1. The first-order chi connectivity index (χ1) is 10.1. The number of ether oxygens (including phenoxy) is 1. The molecule has 2 unspecified atom stereocenters. The van der Waals surface area contributed by atoms with Crippen molar-refractivity contribution in [1.82, 2.24) is 9.88 Å². The smallest absolute Gasteiger partial charge is 0.128 e. The molecule has 2 N–H and O–H groups in total. The minimum absolute atomic E-state index is 0.315. The van der Waals surface area contributed by atoms with Crippen LogP contribution in [0.3, 0.4) is 0 Å². The van der Waals surface area contributed by atoms with Crippen molar-refractivity contribution in [3.8, 4) is 5.75 Å². The summed E-state index contributed by atoms with van der Waals surface area (Å²) >= 11 is 0. The number of hydrogen-bond acceptors (Lipinski definition) is 3. The highest BCUT2D eigenvalue weighted by Gasteiger charge is 2.12. The number of nitrogens with one attached hydrogen (secondary N) is 1. The maximum Gasteiger partial charge on any atom is 0.128 e. The average Bonchev–Trinajstić information content (AvgIpc) is 2.93. The Morgan fingerprint density at radius 1 is 1.29 bits per heavy atom. The molecule has 0 aliphatic rings. The summed E-state index contributed by atoms with van der Waals surface area (Å²) in [5.74, 6) is 1.47. The molecule has 0 aliphatic heterocycles. The van der Waals surface area contributed by atoms with Crippen molar-refractivity contribution in [2.75, 3.05) is 26.7 Å². The fraction of sp³-hybridized carbons (Fsp3) is 0.529. The monoisotopic (exact) mass is 290 g/mol. The Balaban J connectivity index is 1.83. The summed E-state index contributed by atoms with van der Waals surface area (Å²) in [6.07, 6.45) is 2.58. The lowest BCUT2D eigenvalue weighted by atomic mass is 10.1. The van der Waals surface area contributed by atoms with Gasteiger partial charge in [-0.15, -0.1) is 0 Å². The van der Waals surface area contributed by atoms with E-state index < -0.39 is 6.10 Å². The molecule has 0 fully saturated rings. The zero-order valence-electron chi connectivity index (χ0n) is 13.2. The zero-order chi connectivity index (χ0) is 15.2. The van der Waals surface area contributed by atoms with Crippen molar-refractivity contribution in [3.63, 3.8) is 0 Å². The number of benzene rings is 1. The number of H-pyrrole nitrogens is 1. The molecule has 0 spiro atoms. The van der Waals surface area contributed by atoms with Crippen LogP contribution in [0.25, 0.3) is 10.9 Å². The molecule has 4 nitrogen and oxygen atoms in total. The Morgan fingerprint density at radius 3 is 2.86 bits per heavy atom. The quantitative estimate of drug-likeness (QED) is 0.786. The van der Waals surface area contributed by atoms with Crippen molar-refractivity contribution < 1.29 is 9.84 Å². The van der Waals surface area contributed by atoms with Gasteiger partial charge in [0.15, 0.2) is 0 Å². The van der Waals surface area contributed by atoms with Gasteiger partial charge in [-0.2, -0.15) is 0 Å². The van der Waals surface area contributed by atoms with Gasteiger partial charge in [-0.1, -0.05) is 26.3 Å². The fourth-order valence-electron chi connectivity index (χ4n) is 2.52. The van der Waals surface area contributed by atoms with Crippen LogP contribution in [0.5, 0.6) is 5.75 Å². The lowest BCUT2D eigenvalue weighted by molar-refractivity contribution is 0.0729. The first kappa shape index (κ1) is 15.9. The molecule has 2 atom stereocenters. The molecular formula is C17H26N2O2. The van der Waals surface area contributed by atoms with Crippen molar-refractivity contribution in [3.05, 3.63) is 30.5 Å². The van der Waals surface area contributed by atoms with Gasteiger partial charge in [0.05, 0.1) is 0 Å². The SMILES string of the molecule is CCC(C)CN(C)CC(O)COc1cccc2[nH]ccc12. The first-order valence-electron chi connectivity index (χ1n) is 7.65. The molecule has 0 radical (unpaired) electrons. The Morgan fingerprint density at radius 2 is 2.10 bits per heavy atom. The molecule has 21 heavy (non-hydrogen) atoms. The largest absolute Gasteiger partial charge is 0.490 e. The van der Waals surface area contributed by atoms with Crippen LogP contribution in [-0.2, 0) is 0 Å². The van der Waals surface area contributed by atoms with Crippen LogP contribution in [-0.4, -0.2) is 47.8 Å². The fourth-order valence-corrected chi connectivity index (χ4v) is 2.52. The zero-order valence-corrected chi connectivity index (χ0v) is 13.2. The van der Waals surface area contributed by atoms with Gasteiger partial charge in [0.25, 0.3) is 0 Å². The van der Waals surface area contributed by atoms with E-state index in [1.54, 1.807) is 0 Å². The Bertz CT molecular complexity index is 552. The molecule has 1 heterocycles. The highest BCUT2D eigenvalue weighted by Crippen LogP contribution is 2.24. The Labute approximate surface area is 126 Å². The van der Waals surface area contributed by atoms with Crippen LogP contribution in [0.4, 0.5) is 0 Å². The Kier molecular flexibility index (Phi) is 5.65. The number of aromatic nitrogens is 1. The lowest BCUT2D eigenvalue weighted by Crippen LogP contribution is -2.35.